The first-order valence-electron chi connectivity index (χ1n) is 8.25. The smallest absolute Gasteiger partial charge is 0.282 e. The number of hydrogen-bond donors (Lipinski definition) is 1. The Kier molecular flexibility index (Phi) is 8.37. The first-order chi connectivity index (χ1) is 10.9. The number of rotatable bonds is 5. The van der Waals surface area contributed by atoms with Crippen molar-refractivity contribution in [1.29, 1.82) is 0 Å². The highest BCUT2D eigenvalue weighted by atomic mass is 35.5. The third-order valence-corrected chi connectivity index (χ3v) is 6.75. The molecular formula is C14H29ClN4O4S. The molecule has 2 aliphatic rings. The van der Waals surface area contributed by atoms with Gasteiger partial charge in [-0.15, -0.1) is 12.4 Å². The predicted molar refractivity (Wildman–Crippen MR) is 94.1 cm³/mol. The lowest BCUT2D eigenvalue weighted by Gasteiger charge is -2.38. The largest absolute Gasteiger partial charge is 0.379 e. The van der Waals surface area contributed by atoms with Crippen LogP contribution in [0.3, 0.4) is 0 Å². The molecule has 0 spiro atoms. The van der Waals surface area contributed by atoms with Crippen LogP contribution < -0.4 is 5.73 Å². The van der Waals surface area contributed by atoms with Crippen LogP contribution in [0.1, 0.15) is 20.3 Å². The summed E-state index contributed by atoms with van der Waals surface area (Å²) in [6, 6.07) is -0.512. The van der Waals surface area contributed by atoms with Gasteiger partial charge in [0.1, 0.15) is 0 Å². The van der Waals surface area contributed by atoms with E-state index in [0.29, 0.717) is 52.5 Å². The molecule has 10 heteroatoms. The zero-order valence-electron chi connectivity index (χ0n) is 14.4. The van der Waals surface area contributed by atoms with Crippen molar-refractivity contribution < 1.29 is 17.9 Å². The second-order valence-electron chi connectivity index (χ2n) is 6.15. The van der Waals surface area contributed by atoms with E-state index in [1.54, 1.807) is 4.90 Å². The normalized spacial score (nSPS) is 23.4. The Morgan fingerprint density at radius 1 is 1.08 bits per heavy atom. The van der Waals surface area contributed by atoms with Crippen molar-refractivity contribution in [2.24, 2.45) is 11.7 Å². The maximum atomic E-state index is 12.6. The van der Waals surface area contributed by atoms with Gasteiger partial charge in [0.2, 0.25) is 5.91 Å². The zero-order valence-corrected chi connectivity index (χ0v) is 16.0. The summed E-state index contributed by atoms with van der Waals surface area (Å²) in [5, 5.41) is 0. The fraction of sp³-hybridized carbons (Fsp3) is 0.929. The molecule has 8 nitrogen and oxygen atoms in total. The van der Waals surface area contributed by atoms with Gasteiger partial charge in [0.05, 0.1) is 19.3 Å². The summed E-state index contributed by atoms with van der Waals surface area (Å²) in [4.78, 5) is 14.0. The summed E-state index contributed by atoms with van der Waals surface area (Å²) in [5.41, 5.74) is 5.99. The van der Waals surface area contributed by atoms with E-state index in [2.05, 4.69) is 0 Å². The SMILES string of the molecule is CCC(C)C(N)C(=O)N1CCN(S(=O)(=O)N2CCOCC2)CC1.Cl. The van der Waals surface area contributed by atoms with Gasteiger partial charge in [0.25, 0.3) is 10.2 Å². The molecule has 0 radical (unpaired) electrons. The van der Waals surface area contributed by atoms with Crippen molar-refractivity contribution in [2.45, 2.75) is 26.3 Å². The minimum atomic E-state index is -3.46. The number of carbonyl (C=O) groups excluding carboxylic acids is 1. The predicted octanol–water partition coefficient (Wildman–Crippen LogP) is -0.497. The summed E-state index contributed by atoms with van der Waals surface area (Å²) in [5.74, 6) is 0.0420. The van der Waals surface area contributed by atoms with Crippen molar-refractivity contribution in [3.8, 4) is 0 Å². The second-order valence-corrected chi connectivity index (χ2v) is 8.08. The Hall–Kier alpha value is -0.450. The first kappa shape index (κ1) is 21.6. The van der Waals surface area contributed by atoms with Crippen LogP contribution in [-0.4, -0.2) is 86.4 Å². The monoisotopic (exact) mass is 384 g/mol. The van der Waals surface area contributed by atoms with Gasteiger partial charge < -0.3 is 15.4 Å². The Morgan fingerprint density at radius 3 is 2.08 bits per heavy atom. The van der Waals surface area contributed by atoms with Crippen LogP contribution in [0.15, 0.2) is 0 Å². The Morgan fingerprint density at radius 2 is 1.58 bits per heavy atom. The highest BCUT2D eigenvalue weighted by molar-refractivity contribution is 7.86. The minimum absolute atomic E-state index is 0. The molecule has 0 saturated carbocycles. The Bertz CT molecular complexity index is 505. The number of ether oxygens (including phenoxy) is 1. The number of hydrogen-bond acceptors (Lipinski definition) is 5. The van der Waals surface area contributed by atoms with Crippen LogP contribution in [0.25, 0.3) is 0 Å². The van der Waals surface area contributed by atoms with Crippen LogP contribution in [0, 0.1) is 5.92 Å². The molecule has 0 aromatic rings. The van der Waals surface area contributed by atoms with E-state index in [9.17, 15) is 13.2 Å². The molecular weight excluding hydrogens is 356 g/mol. The number of morpholine rings is 1. The number of carbonyl (C=O) groups is 1. The van der Waals surface area contributed by atoms with Crippen LogP contribution in [-0.2, 0) is 19.7 Å². The van der Waals surface area contributed by atoms with E-state index in [-0.39, 0.29) is 24.2 Å². The number of nitrogens with zero attached hydrogens (tertiary/aromatic N) is 3. The maximum absolute atomic E-state index is 12.6. The van der Waals surface area contributed by atoms with Gasteiger partial charge >= 0.3 is 0 Å². The Labute approximate surface area is 150 Å². The van der Waals surface area contributed by atoms with Crippen LogP contribution in [0.2, 0.25) is 0 Å². The lowest BCUT2D eigenvalue weighted by Crippen LogP contribution is -2.58. The summed E-state index contributed by atoms with van der Waals surface area (Å²) in [7, 11) is -3.46. The molecule has 0 aromatic carbocycles. The topological polar surface area (TPSA) is 96.2 Å². The van der Waals surface area contributed by atoms with E-state index in [1.165, 1.54) is 8.61 Å². The first-order valence-corrected chi connectivity index (χ1v) is 9.65. The third kappa shape index (κ3) is 4.80. The van der Waals surface area contributed by atoms with Gasteiger partial charge in [0, 0.05) is 39.3 Å². The van der Waals surface area contributed by atoms with Gasteiger partial charge in [0.15, 0.2) is 0 Å². The van der Waals surface area contributed by atoms with E-state index < -0.39 is 16.3 Å². The van der Waals surface area contributed by atoms with Crippen LogP contribution in [0.5, 0.6) is 0 Å². The quantitative estimate of drug-likeness (QED) is 0.689. The summed E-state index contributed by atoms with van der Waals surface area (Å²) in [6.07, 6.45) is 0.846. The third-order valence-electron chi connectivity index (χ3n) is 4.72. The zero-order chi connectivity index (χ0) is 17.0. The average molecular weight is 385 g/mol. The summed E-state index contributed by atoms with van der Waals surface area (Å²) in [6.45, 7) is 7.03. The number of amides is 1. The van der Waals surface area contributed by atoms with Crippen LogP contribution in [0.4, 0.5) is 0 Å². The van der Waals surface area contributed by atoms with Crippen molar-refractivity contribution >= 4 is 28.5 Å². The average Bonchev–Trinajstić information content (AvgIpc) is 2.60. The molecule has 24 heavy (non-hydrogen) atoms. The van der Waals surface area contributed by atoms with E-state index in [4.69, 9.17) is 10.5 Å². The molecule has 142 valence electrons. The lowest BCUT2D eigenvalue weighted by atomic mass is 9.99. The molecule has 1 amide bonds. The number of nitrogens with two attached hydrogens (primary N) is 1. The van der Waals surface area contributed by atoms with Gasteiger partial charge in [-0.05, 0) is 5.92 Å². The van der Waals surface area contributed by atoms with E-state index in [0.717, 1.165) is 6.42 Å². The molecule has 2 saturated heterocycles. The fourth-order valence-corrected chi connectivity index (χ4v) is 4.35. The standard InChI is InChI=1S/C14H28N4O4S.ClH/c1-3-12(2)13(15)14(19)16-4-6-17(7-5-16)23(20,21)18-8-10-22-11-9-18;/h12-13H,3-11,15H2,1-2H3;1H. The molecule has 0 bridgehead atoms. The van der Waals surface area contributed by atoms with Gasteiger partial charge in [-0.25, -0.2) is 0 Å². The molecule has 2 fully saturated rings. The molecule has 2 aliphatic heterocycles. The lowest BCUT2D eigenvalue weighted by molar-refractivity contribution is -0.135. The molecule has 2 N–H and O–H groups in total. The highest BCUT2D eigenvalue weighted by Crippen LogP contribution is 2.16. The fourth-order valence-electron chi connectivity index (χ4n) is 2.79. The molecule has 2 heterocycles. The van der Waals surface area contributed by atoms with Gasteiger partial charge in [-0.1, -0.05) is 20.3 Å². The molecule has 2 atom stereocenters. The number of piperazine rings is 1. The van der Waals surface area contributed by atoms with Crippen molar-refractivity contribution in [2.75, 3.05) is 52.5 Å². The van der Waals surface area contributed by atoms with E-state index >= 15 is 0 Å². The van der Waals surface area contributed by atoms with Crippen LogP contribution >= 0.6 is 12.4 Å². The van der Waals surface area contributed by atoms with Crippen molar-refractivity contribution in [3.05, 3.63) is 0 Å². The van der Waals surface area contributed by atoms with Gasteiger partial charge in [-0.2, -0.15) is 17.0 Å². The van der Waals surface area contributed by atoms with Gasteiger partial charge in [-0.3, -0.25) is 4.79 Å². The van der Waals surface area contributed by atoms with Crippen molar-refractivity contribution in [1.82, 2.24) is 13.5 Å². The summed E-state index contributed by atoms with van der Waals surface area (Å²) < 4.78 is 33.3. The van der Waals surface area contributed by atoms with Crippen molar-refractivity contribution in [3.63, 3.8) is 0 Å². The highest BCUT2D eigenvalue weighted by Gasteiger charge is 2.35. The molecule has 0 aromatic heterocycles. The summed E-state index contributed by atoms with van der Waals surface area (Å²) >= 11 is 0. The number of halogens is 1. The Balaban J connectivity index is 0.00000288. The van der Waals surface area contributed by atoms with E-state index in [1.807, 2.05) is 13.8 Å². The maximum Gasteiger partial charge on any atom is 0.282 e. The molecule has 2 rings (SSSR count). The molecule has 0 aliphatic carbocycles. The molecule has 2 unspecified atom stereocenters. The second kappa shape index (κ2) is 9.30. The minimum Gasteiger partial charge on any atom is -0.379 e.